The molecule has 3 aromatic rings. The smallest absolute Gasteiger partial charge is 0.416 e. The van der Waals surface area contributed by atoms with E-state index in [0.717, 1.165) is 43.8 Å². The van der Waals surface area contributed by atoms with E-state index in [0.29, 0.717) is 12.2 Å². The van der Waals surface area contributed by atoms with Crippen LogP contribution in [0.5, 0.6) is 5.75 Å². The highest BCUT2D eigenvalue weighted by atomic mass is 32.2. The zero-order chi connectivity index (χ0) is 30.2. The van der Waals surface area contributed by atoms with Crippen LogP contribution in [0.4, 0.5) is 18.9 Å². The molecule has 2 aromatic carbocycles. The zero-order valence-electron chi connectivity index (χ0n) is 22.6. The van der Waals surface area contributed by atoms with Crippen molar-refractivity contribution < 1.29 is 37.0 Å². The van der Waals surface area contributed by atoms with E-state index in [4.69, 9.17) is 9.47 Å². The predicted octanol–water partition coefficient (Wildman–Crippen LogP) is 5.08. The topological polar surface area (TPSA) is 106 Å². The Bertz CT molecular complexity index is 1690. The summed E-state index contributed by atoms with van der Waals surface area (Å²) in [6, 6.07) is 11.6. The number of fused-ring (bicyclic) bond motifs is 9. The summed E-state index contributed by atoms with van der Waals surface area (Å²) in [6.45, 7) is 1.73. The standard InChI is InChI=1S/C30H25F3N2O6S2/c1-2-40-19(36)12-41-16-8-6-13(7-9-16)20-21-17-11-18(24(21)42-26-25(20)43-29(39)34-26)23-22(17)27(37)35(28(23)38)15-5-3-4-14(10-15)30(31,32)33/h3-10,17-18,20-24H,2,11-12H2,1H3,(H,34,39)/t17-,18-,20+,21-,22+,23+,24-/m1/s1. The van der Waals surface area contributed by atoms with Gasteiger partial charge in [0.25, 0.3) is 0 Å². The van der Waals surface area contributed by atoms with Crippen molar-refractivity contribution in [2.75, 3.05) is 18.1 Å². The number of nitrogens with one attached hydrogen (secondary N) is 1. The number of carbonyl (C=O) groups excluding carboxylic acids is 3. The zero-order valence-corrected chi connectivity index (χ0v) is 24.3. The molecule has 2 bridgehead atoms. The predicted molar refractivity (Wildman–Crippen MR) is 151 cm³/mol. The molecule has 2 aliphatic carbocycles. The number of anilines is 1. The first kappa shape index (κ1) is 28.2. The first-order chi connectivity index (χ1) is 20.6. The number of alkyl halides is 3. The van der Waals surface area contributed by atoms with Crippen molar-refractivity contribution in [1.82, 2.24) is 4.98 Å². The van der Waals surface area contributed by atoms with Gasteiger partial charge in [-0.15, -0.1) is 11.8 Å². The van der Waals surface area contributed by atoms with E-state index in [9.17, 15) is 32.3 Å². The van der Waals surface area contributed by atoms with E-state index in [1.807, 2.05) is 12.1 Å². The summed E-state index contributed by atoms with van der Waals surface area (Å²) >= 11 is 2.66. The highest BCUT2D eigenvalue weighted by molar-refractivity contribution is 8.00. The summed E-state index contributed by atoms with van der Waals surface area (Å²) in [4.78, 5) is 56.3. The lowest BCUT2D eigenvalue weighted by Gasteiger charge is -2.43. The van der Waals surface area contributed by atoms with E-state index < -0.39 is 41.4 Å². The monoisotopic (exact) mass is 630 g/mol. The molecule has 4 aliphatic rings. The number of amides is 2. The summed E-state index contributed by atoms with van der Waals surface area (Å²) in [5.41, 5.74) is -0.0727. The molecule has 7 atom stereocenters. The number of benzene rings is 2. The molecule has 13 heteroatoms. The number of nitrogens with zero attached hydrogens (tertiary/aromatic N) is 1. The Balaban J connectivity index is 1.21. The van der Waals surface area contributed by atoms with Gasteiger partial charge in [0.1, 0.15) is 5.75 Å². The third-order valence-electron chi connectivity index (χ3n) is 9.06. The molecule has 3 fully saturated rings. The molecule has 3 heterocycles. The first-order valence-corrected chi connectivity index (χ1v) is 15.6. The maximum atomic E-state index is 13.8. The molecular weight excluding hydrogens is 605 g/mol. The van der Waals surface area contributed by atoms with E-state index in [2.05, 4.69) is 4.98 Å². The number of hydrogen-bond acceptors (Lipinski definition) is 8. The Kier molecular flexibility index (Phi) is 6.73. The van der Waals surface area contributed by atoms with Crippen LogP contribution >= 0.6 is 23.1 Å². The van der Waals surface area contributed by atoms with Crippen molar-refractivity contribution in [3.63, 3.8) is 0 Å². The largest absolute Gasteiger partial charge is 0.482 e. The van der Waals surface area contributed by atoms with Gasteiger partial charge in [-0.3, -0.25) is 19.3 Å². The molecule has 43 heavy (non-hydrogen) atoms. The van der Waals surface area contributed by atoms with E-state index in [1.165, 1.54) is 23.9 Å². The van der Waals surface area contributed by atoms with Crippen LogP contribution in [0.1, 0.15) is 35.3 Å². The summed E-state index contributed by atoms with van der Waals surface area (Å²) in [5.74, 6) is -2.82. The number of carbonyl (C=O) groups is 3. The number of halogens is 3. The van der Waals surface area contributed by atoms with Crippen molar-refractivity contribution in [3.8, 4) is 5.75 Å². The van der Waals surface area contributed by atoms with Gasteiger partial charge in [-0.2, -0.15) is 13.2 Å². The molecule has 2 saturated carbocycles. The van der Waals surface area contributed by atoms with Gasteiger partial charge in [0.05, 0.1) is 34.7 Å². The molecule has 1 saturated heterocycles. The number of hydrogen-bond donors (Lipinski definition) is 1. The van der Waals surface area contributed by atoms with E-state index in [1.54, 1.807) is 19.1 Å². The van der Waals surface area contributed by atoms with Crippen LogP contribution in [0.2, 0.25) is 0 Å². The summed E-state index contributed by atoms with van der Waals surface area (Å²) in [7, 11) is 0. The van der Waals surface area contributed by atoms with Crippen LogP contribution in [0, 0.1) is 29.6 Å². The normalized spacial score (nSPS) is 28.9. The molecule has 7 rings (SSSR count). The second-order valence-corrected chi connectivity index (χ2v) is 13.4. The molecule has 0 spiro atoms. The maximum absolute atomic E-state index is 13.8. The number of H-pyrrole nitrogens is 1. The van der Waals surface area contributed by atoms with Crippen LogP contribution in [0.25, 0.3) is 0 Å². The minimum atomic E-state index is -4.61. The molecule has 224 valence electrons. The van der Waals surface area contributed by atoms with Crippen molar-refractivity contribution >= 4 is 46.6 Å². The maximum Gasteiger partial charge on any atom is 0.416 e. The number of aromatic amines is 1. The Labute approximate surface area is 251 Å². The van der Waals surface area contributed by atoms with Gasteiger partial charge in [-0.1, -0.05) is 29.5 Å². The molecule has 8 nitrogen and oxygen atoms in total. The third kappa shape index (κ3) is 4.50. The second kappa shape index (κ2) is 10.3. The van der Waals surface area contributed by atoms with E-state index in [-0.39, 0.29) is 52.7 Å². The van der Waals surface area contributed by atoms with E-state index >= 15 is 0 Å². The average molecular weight is 631 g/mol. The number of thiazole rings is 1. The number of aromatic nitrogens is 1. The molecule has 0 radical (unpaired) electrons. The Morgan fingerprint density at radius 1 is 1.05 bits per heavy atom. The lowest BCUT2D eigenvalue weighted by Crippen LogP contribution is -2.42. The minimum Gasteiger partial charge on any atom is -0.482 e. The van der Waals surface area contributed by atoms with Crippen LogP contribution < -0.4 is 14.5 Å². The van der Waals surface area contributed by atoms with Crippen molar-refractivity contribution in [1.29, 1.82) is 0 Å². The van der Waals surface area contributed by atoms with Gasteiger partial charge >= 0.3 is 17.0 Å². The first-order valence-electron chi connectivity index (χ1n) is 13.9. The molecule has 2 amide bonds. The van der Waals surface area contributed by atoms with Crippen LogP contribution in [0.3, 0.4) is 0 Å². The van der Waals surface area contributed by atoms with Gasteiger partial charge in [-0.05, 0) is 67.0 Å². The highest BCUT2D eigenvalue weighted by Gasteiger charge is 2.69. The van der Waals surface area contributed by atoms with Crippen molar-refractivity contribution in [3.05, 3.63) is 74.2 Å². The molecule has 0 unspecified atom stereocenters. The van der Waals surface area contributed by atoms with Crippen LogP contribution in [-0.2, 0) is 25.3 Å². The van der Waals surface area contributed by atoms with Crippen molar-refractivity contribution in [2.24, 2.45) is 29.6 Å². The summed E-state index contributed by atoms with van der Waals surface area (Å²) in [5, 5.41) is 0.687. The number of ether oxygens (including phenoxy) is 2. The van der Waals surface area contributed by atoms with Gasteiger partial charge < -0.3 is 14.5 Å². The minimum absolute atomic E-state index is 0.0624. The van der Waals surface area contributed by atoms with Gasteiger partial charge in [0, 0.05) is 16.0 Å². The van der Waals surface area contributed by atoms with Crippen LogP contribution in [-0.4, -0.2) is 41.2 Å². The second-order valence-electron chi connectivity index (χ2n) is 11.2. The fourth-order valence-electron chi connectivity index (χ4n) is 7.58. The Hall–Kier alpha value is -3.58. The molecular formula is C30H25F3N2O6S2. The quantitative estimate of drug-likeness (QED) is 0.299. The highest BCUT2D eigenvalue weighted by Crippen LogP contribution is 2.68. The Morgan fingerprint density at radius 3 is 2.47 bits per heavy atom. The van der Waals surface area contributed by atoms with Crippen LogP contribution in [0.15, 0.2) is 58.4 Å². The Morgan fingerprint density at radius 2 is 1.77 bits per heavy atom. The lowest BCUT2D eigenvalue weighted by molar-refractivity contribution is -0.145. The van der Waals surface area contributed by atoms with Crippen molar-refractivity contribution in [2.45, 2.75) is 35.7 Å². The molecule has 2 aliphatic heterocycles. The average Bonchev–Trinajstić information content (AvgIpc) is 3.71. The fourth-order valence-corrected chi connectivity index (χ4v) is 10.5. The summed E-state index contributed by atoms with van der Waals surface area (Å²) < 4.78 is 50.8. The number of rotatable bonds is 6. The summed E-state index contributed by atoms with van der Waals surface area (Å²) in [6.07, 6.45) is -3.95. The third-order valence-corrected chi connectivity index (χ3v) is 11.6. The number of thioether (sulfide) groups is 1. The van der Waals surface area contributed by atoms with Gasteiger partial charge in [0.2, 0.25) is 11.8 Å². The molecule has 1 aromatic heterocycles. The number of imide groups is 1. The SMILES string of the molecule is CCOC(=O)COc1ccc([C@@H]2c3sc(=O)[nH]c3S[C@@H]3[C@@H]4C[C@@H]([C@@H]5C(=O)N(c6cccc(C(F)(F)F)c6)C(=O)[C@@H]45)[C@H]23)cc1. The fraction of sp³-hybridized carbons (Fsp3) is 0.400. The number of esters is 1. The molecule has 1 N–H and O–H groups in total. The van der Waals surface area contributed by atoms with Gasteiger partial charge in [0.15, 0.2) is 6.61 Å². The lowest BCUT2D eigenvalue weighted by atomic mass is 9.68. The van der Waals surface area contributed by atoms with Gasteiger partial charge in [-0.25, -0.2) is 4.79 Å².